The van der Waals surface area contributed by atoms with Gasteiger partial charge in [-0.05, 0) is 104 Å². The van der Waals surface area contributed by atoms with Gasteiger partial charge < -0.3 is 9.47 Å². The first-order valence-corrected chi connectivity index (χ1v) is 26.8. The second-order valence-electron chi connectivity index (χ2n) is 20.0. The smallest absolute Gasteiger partial charge is 0.297 e. The van der Waals surface area contributed by atoms with Gasteiger partial charge in [0.05, 0.1) is 18.8 Å². The van der Waals surface area contributed by atoms with Gasteiger partial charge in [-0.2, -0.15) is 16.8 Å². The molecule has 5 rings (SSSR count). The third-order valence-electron chi connectivity index (χ3n) is 13.4. The maximum absolute atomic E-state index is 14.3. The molecule has 8 nitrogen and oxygen atoms in total. The van der Waals surface area contributed by atoms with Gasteiger partial charge in [0.2, 0.25) is 0 Å². The molecule has 364 valence electrons. The lowest BCUT2D eigenvalue weighted by Gasteiger charge is -2.34. The van der Waals surface area contributed by atoms with Gasteiger partial charge in [0.1, 0.15) is 15.4 Å². The number of benzene rings is 5. The first kappa shape index (κ1) is 53.8. The third kappa shape index (κ3) is 12.0. The van der Waals surface area contributed by atoms with E-state index in [-0.39, 0.29) is 64.9 Å². The van der Waals surface area contributed by atoms with Crippen molar-refractivity contribution in [3.63, 3.8) is 0 Å². The van der Waals surface area contributed by atoms with E-state index in [0.717, 1.165) is 61.2 Å². The van der Waals surface area contributed by atoms with Crippen LogP contribution in [0.25, 0.3) is 11.1 Å². The van der Waals surface area contributed by atoms with Gasteiger partial charge in [0, 0.05) is 27.1 Å². The summed E-state index contributed by atoms with van der Waals surface area (Å²) in [5.41, 5.74) is 8.07. The van der Waals surface area contributed by atoms with Crippen LogP contribution in [-0.2, 0) is 49.3 Å². The van der Waals surface area contributed by atoms with Crippen molar-refractivity contribution in [2.24, 2.45) is 0 Å². The molecule has 0 amide bonds. The van der Waals surface area contributed by atoms with E-state index < -0.39 is 31.4 Å². The normalized spacial score (nSPS) is 14.5. The van der Waals surface area contributed by atoms with Crippen molar-refractivity contribution >= 4 is 20.2 Å². The topological polar surface area (TPSA) is 105 Å². The van der Waals surface area contributed by atoms with Gasteiger partial charge in [-0.3, -0.25) is 8.37 Å². The highest BCUT2D eigenvalue weighted by Gasteiger charge is 2.37. The van der Waals surface area contributed by atoms with E-state index >= 15 is 0 Å². The Labute approximate surface area is 404 Å². The van der Waals surface area contributed by atoms with Crippen LogP contribution in [0.1, 0.15) is 188 Å². The van der Waals surface area contributed by atoms with E-state index in [9.17, 15) is 16.8 Å². The Kier molecular flexibility index (Phi) is 17.7. The summed E-state index contributed by atoms with van der Waals surface area (Å²) in [4.78, 5) is 0.559. The number of hydrogen-bond acceptors (Lipinski definition) is 8. The van der Waals surface area contributed by atoms with E-state index in [1.165, 1.54) is 0 Å². The molecule has 0 spiro atoms. The van der Waals surface area contributed by atoms with Gasteiger partial charge in [-0.25, -0.2) is 0 Å². The molecule has 0 saturated heterocycles. The van der Waals surface area contributed by atoms with Gasteiger partial charge in [-0.15, -0.1) is 0 Å². The lowest BCUT2D eigenvalue weighted by Crippen LogP contribution is -2.32. The zero-order valence-corrected chi connectivity index (χ0v) is 44.3. The molecular formula is C57H76O8S2. The number of ether oxygens (including phenoxy) is 2. The number of methoxy groups -OCH3 is 2. The van der Waals surface area contributed by atoms with E-state index in [0.29, 0.717) is 6.42 Å². The predicted molar refractivity (Wildman–Crippen MR) is 273 cm³/mol. The molecule has 0 radical (unpaired) electrons. The molecule has 0 heterocycles. The second-order valence-corrected chi connectivity index (χ2v) is 23.1. The molecule has 0 N–H and O–H groups in total. The summed E-state index contributed by atoms with van der Waals surface area (Å²) >= 11 is 0. The largest absolute Gasteiger partial charge is 0.374 e. The van der Waals surface area contributed by atoms with Crippen molar-refractivity contribution in [3.8, 4) is 11.1 Å². The Bertz CT molecular complexity index is 2590. The second kappa shape index (κ2) is 22.1. The van der Waals surface area contributed by atoms with Crippen LogP contribution in [0.3, 0.4) is 0 Å². The summed E-state index contributed by atoms with van der Waals surface area (Å²) in [6, 6.07) is 34.1. The van der Waals surface area contributed by atoms with E-state index in [4.69, 9.17) is 17.8 Å². The van der Waals surface area contributed by atoms with Crippen LogP contribution in [0, 0.1) is 0 Å². The van der Waals surface area contributed by atoms with Crippen LogP contribution in [0.2, 0.25) is 0 Å². The van der Waals surface area contributed by atoms with Crippen LogP contribution in [-0.4, -0.2) is 44.3 Å². The van der Waals surface area contributed by atoms with Crippen molar-refractivity contribution in [1.82, 2.24) is 0 Å². The van der Waals surface area contributed by atoms with E-state index in [2.05, 4.69) is 27.7 Å². The van der Waals surface area contributed by atoms with Crippen molar-refractivity contribution < 1.29 is 34.7 Å². The monoisotopic (exact) mass is 952 g/mol. The predicted octanol–water partition coefficient (Wildman–Crippen LogP) is 14.4. The lowest BCUT2D eigenvalue weighted by atomic mass is 9.83. The molecule has 10 heteroatoms. The molecule has 0 bridgehead atoms. The molecule has 5 aromatic rings. The summed E-state index contributed by atoms with van der Waals surface area (Å²) in [5.74, 6) is 0.463. The maximum Gasteiger partial charge on any atom is 0.297 e. The van der Waals surface area contributed by atoms with Crippen molar-refractivity contribution in [3.05, 3.63) is 153 Å². The molecule has 0 fully saturated rings. The van der Waals surface area contributed by atoms with Gasteiger partial charge >= 0.3 is 0 Å². The Balaban J connectivity index is 1.37. The minimum absolute atomic E-state index is 0.00354. The minimum Gasteiger partial charge on any atom is -0.374 e. The van der Waals surface area contributed by atoms with Crippen molar-refractivity contribution in [2.45, 2.75) is 159 Å². The Morgan fingerprint density at radius 2 is 0.776 bits per heavy atom. The zero-order chi connectivity index (χ0) is 49.6. The fourth-order valence-corrected chi connectivity index (χ4v) is 12.1. The SMILES string of the molecule is COC(C)(CCOS(=O)(=O)c1c(C(C)C)cc(C(C)C)cc1C(C)C)c1ccc(-c2ccc(C(CCOS(=O)(=O)c3c(C(C)C)cc(C(C)C)cc3C(C)C)(OC)c3ccccc3)cc2)cc1. The summed E-state index contributed by atoms with van der Waals surface area (Å²) in [6.45, 7) is 26.4. The third-order valence-corrected chi connectivity index (χ3v) is 16.3. The zero-order valence-electron chi connectivity index (χ0n) is 42.7. The molecule has 67 heavy (non-hydrogen) atoms. The average Bonchev–Trinajstić information content (AvgIpc) is 3.29. The molecule has 0 aliphatic rings. The highest BCUT2D eigenvalue weighted by molar-refractivity contribution is 7.87. The van der Waals surface area contributed by atoms with Crippen molar-refractivity contribution in [2.75, 3.05) is 27.4 Å². The van der Waals surface area contributed by atoms with Gasteiger partial charge in [0.25, 0.3) is 20.2 Å². The van der Waals surface area contributed by atoms with E-state index in [1.54, 1.807) is 14.2 Å². The van der Waals surface area contributed by atoms with Crippen LogP contribution in [0.5, 0.6) is 0 Å². The van der Waals surface area contributed by atoms with Crippen molar-refractivity contribution in [1.29, 1.82) is 0 Å². The molecule has 0 saturated carbocycles. The summed E-state index contributed by atoms with van der Waals surface area (Å²) in [7, 11) is -4.94. The van der Waals surface area contributed by atoms with Crippen LogP contribution >= 0.6 is 0 Å². The van der Waals surface area contributed by atoms with Crippen LogP contribution in [0.15, 0.2) is 113 Å². The van der Waals surface area contributed by atoms with Gasteiger partial charge in [0.15, 0.2) is 0 Å². The number of hydrogen-bond donors (Lipinski definition) is 0. The molecule has 2 unspecified atom stereocenters. The maximum atomic E-state index is 14.3. The Morgan fingerprint density at radius 1 is 0.433 bits per heavy atom. The van der Waals surface area contributed by atoms with Gasteiger partial charge in [-0.1, -0.05) is 186 Å². The molecule has 0 aromatic heterocycles. The summed E-state index contributed by atoms with van der Waals surface area (Å²) in [5, 5.41) is 0. The Morgan fingerprint density at radius 3 is 1.10 bits per heavy atom. The van der Waals surface area contributed by atoms with E-state index in [1.807, 2.05) is 165 Å². The molecular weight excluding hydrogens is 877 g/mol. The first-order chi connectivity index (χ1) is 31.4. The van der Waals surface area contributed by atoms with Crippen LogP contribution < -0.4 is 0 Å². The fraction of sp³-hybridized carbons (Fsp3) is 0.474. The standard InChI is InChI=1S/C57H76O8S2/c1-37(2)45-33-50(39(5)6)54(51(34-45)40(7)8)66(58,59)64-31-29-56(13,62-14)47-25-21-43(22-26-47)44-23-27-49(28-24-44)57(63-15,48-19-17-16-18-20-48)30-32-65-67(60,61)55-52(41(9)10)35-46(38(3)4)36-53(55)42(11)12/h16-28,33-42H,29-32H2,1-15H3. The Hall–Kier alpha value is -4.16. The number of rotatable bonds is 22. The summed E-state index contributed by atoms with van der Waals surface area (Å²) in [6.07, 6.45) is 0.544. The molecule has 5 aromatic carbocycles. The highest BCUT2D eigenvalue weighted by Crippen LogP contribution is 2.41. The highest BCUT2D eigenvalue weighted by atomic mass is 32.2. The minimum atomic E-state index is -4.14. The molecule has 0 aliphatic heterocycles. The summed E-state index contributed by atoms with van der Waals surface area (Å²) < 4.78 is 80.8. The first-order valence-electron chi connectivity index (χ1n) is 23.9. The lowest BCUT2D eigenvalue weighted by molar-refractivity contribution is -0.0144. The average molecular weight is 953 g/mol. The molecule has 2 atom stereocenters. The van der Waals surface area contributed by atoms with Crippen LogP contribution in [0.4, 0.5) is 0 Å². The quantitative estimate of drug-likeness (QED) is 0.0632. The molecule has 0 aliphatic carbocycles. The fourth-order valence-electron chi connectivity index (χ4n) is 8.93.